The van der Waals surface area contributed by atoms with E-state index in [1.165, 1.54) is 18.2 Å². The molecule has 0 saturated carbocycles. The zero-order valence-electron chi connectivity index (χ0n) is 5.96. The molecule has 0 aromatic heterocycles. The first-order valence-corrected chi connectivity index (χ1v) is 3.87. The number of oxime groups is 1. The van der Waals surface area contributed by atoms with Crippen LogP contribution >= 0.6 is 15.9 Å². The molecule has 12 heavy (non-hydrogen) atoms. The Bertz CT molecular complexity index is 327. The van der Waals surface area contributed by atoms with Gasteiger partial charge in [0.2, 0.25) is 0 Å². The molecule has 0 amide bonds. The van der Waals surface area contributed by atoms with Crippen LogP contribution in [0, 0.1) is 5.82 Å². The maximum Gasteiger partial charge on any atom is 0.171 e. The van der Waals surface area contributed by atoms with Gasteiger partial charge in [-0.2, -0.15) is 0 Å². The average Bonchev–Trinajstić information content (AvgIpc) is 2.03. The first kappa shape index (κ1) is 8.99. The summed E-state index contributed by atoms with van der Waals surface area (Å²) < 4.78 is 13.0. The second-order valence-electron chi connectivity index (χ2n) is 2.11. The summed E-state index contributed by atoms with van der Waals surface area (Å²) in [5.74, 6) is -0.432. The molecule has 0 aliphatic heterocycles. The maximum atomic E-state index is 12.5. The average molecular weight is 233 g/mol. The summed E-state index contributed by atoms with van der Waals surface area (Å²) in [5, 5.41) is 11.1. The van der Waals surface area contributed by atoms with Gasteiger partial charge in [0.1, 0.15) is 5.82 Å². The van der Waals surface area contributed by atoms with Crippen LogP contribution in [0.2, 0.25) is 0 Å². The number of hydrogen-bond acceptors (Lipinski definition) is 2. The quantitative estimate of drug-likeness (QED) is 0.335. The molecule has 0 fully saturated rings. The molecule has 0 radical (unpaired) electrons. The van der Waals surface area contributed by atoms with E-state index in [9.17, 15) is 4.39 Å². The summed E-state index contributed by atoms with van der Waals surface area (Å²) in [7, 11) is 0. The van der Waals surface area contributed by atoms with E-state index in [-0.39, 0.29) is 11.7 Å². The highest BCUT2D eigenvalue weighted by atomic mass is 79.9. The van der Waals surface area contributed by atoms with E-state index in [2.05, 4.69) is 21.1 Å². The Morgan fingerprint density at radius 3 is 2.75 bits per heavy atom. The van der Waals surface area contributed by atoms with E-state index < -0.39 is 0 Å². The standard InChI is InChI=1S/C7H6BrFN2O/c8-6-3-4(9)1-2-5(6)7(10)11-12/h1-3,12H,(H2,10,11). The molecule has 3 nitrogen and oxygen atoms in total. The van der Waals surface area contributed by atoms with Gasteiger partial charge in [-0.15, -0.1) is 0 Å². The van der Waals surface area contributed by atoms with Crippen molar-refractivity contribution in [2.24, 2.45) is 10.9 Å². The zero-order chi connectivity index (χ0) is 9.14. The van der Waals surface area contributed by atoms with Crippen molar-refractivity contribution in [2.75, 3.05) is 0 Å². The minimum absolute atomic E-state index is 0.0538. The summed E-state index contributed by atoms with van der Waals surface area (Å²) in [5.41, 5.74) is 5.75. The van der Waals surface area contributed by atoms with Crippen LogP contribution in [0.5, 0.6) is 0 Å². The molecule has 0 aliphatic carbocycles. The highest BCUT2D eigenvalue weighted by molar-refractivity contribution is 9.10. The van der Waals surface area contributed by atoms with E-state index in [1.807, 2.05) is 0 Å². The monoisotopic (exact) mass is 232 g/mol. The SMILES string of the molecule is N/C(=N/O)c1ccc(F)cc1Br. The van der Waals surface area contributed by atoms with Gasteiger partial charge in [0.05, 0.1) is 0 Å². The predicted molar refractivity (Wildman–Crippen MR) is 46.6 cm³/mol. The highest BCUT2D eigenvalue weighted by Gasteiger charge is 2.04. The van der Waals surface area contributed by atoms with Crippen molar-refractivity contribution in [2.45, 2.75) is 0 Å². The topological polar surface area (TPSA) is 58.6 Å². The van der Waals surface area contributed by atoms with Crippen molar-refractivity contribution in [1.29, 1.82) is 0 Å². The predicted octanol–water partition coefficient (Wildman–Crippen LogP) is 1.68. The lowest BCUT2D eigenvalue weighted by atomic mass is 10.2. The van der Waals surface area contributed by atoms with Crippen LogP contribution in [0.1, 0.15) is 5.56 Å². The van der Waals surface area contributed by atoms with E-state index in [4.69, 9.17) is 10.9 Å². The Labute approximate surface area is 76.8 Å². The number of hydrogen-bond donors (Lipinski definition) is 2. The van der Waals surface area contributed by atoms with Crippen LogP contribution in [-0.4, -0.2) is 11.0 Å². The summed E-state index contributed by atoms with van der Waals surface area (Å²) >= 11 is 3.08. The highest BCUT2D eigenvalue weighted by Crippen LogP contribution is 2.17. The first-order valence-electron chi connectivity index (χ1n) is 3.08. The van der Waals surface area contributed by atoms with E-state index in [0.29, 0.717) is 10.0 Å². The van der Waals surface area contributed by atoms with Crippen LogP contribution in [0.15, 0.2) is 27.8 Å². The Morgan fingerprint density at radius 1 is 1.58 bits per heavy atom. The molecule has 0 heterocycles. The van der Waals surface area contributed by atoms with Gasteiger partial charge in [-0.05, 0) is 34.1 Å². The smallest absolute Gasteiger partial charge is 0.171 e. The largest absolute Gasteiger partial charge is 0.409 e. The van der Waals surface area contributed by atoms with E-state index >= 15 is 0 Å². The van der Waals surface area contributed by atoms with Crippen molar-refractivity contribution < 1.29 is 9.60 Å². The van der Waals surface area contributed by atoms with Crippen LogP contribution in [0.4, 0.5) is 4.39 Å². The summed E-state index contributed by atoms with van der Waals surface area (Å²) in [6.45, 7) is 0. The molecule has 0 unspecified atom stereocenters. The van der Waals surface area contributed by atoms with Gasteiger partial charge < -0.3 is 10.9 Å². The van der Waals surface area contributed by atoms with Gasteiger partial charge in [-0.1, -0.05) is 5.16 Å². The number of nitrogens with two attached hydrogens (primary N) is 1. The van der Waals surface area contributed by atoms with Crippen molar-refractivity contribution in [3.63, 3.8) is 0 Å². The van der Waals surface area contributed by atoms with E-state index in [1.54, 1.807) is 0 Å². The normalized spacial score (nSPS) is 11.7. The van der Waals surface area contributed by atoms with Crippen molar-refractivity contribution >= 4 is 21.8 Å². The lowest BCUT2D eigenvalue weighted by Gasteiger charge is -2.00. The third-order valence-electron chi connectivity index (χ3n) is 1.31. The summed E-state index contributed by atoms with van der Waals surface area (Å²) in [6.07, 6.45) is 0. The fraction of sp³-hybridized carbons (Fsp3) is 0. The molecule has 0 atom stereocenters. The second kappa shape index (κ2) is 3.53. The van der Waals surface area contributed by atoms with Gasteiger partial charge >= 0.3 is 0 Å². The number of benzene rings is 1. The maximum absolute atomic E-state index is 12.5. The van der Waals surface area contributed by atoms with Crippen LogP contribution in [0.25, 0.3) is 0 Å². The number of rotatable bonds is 1. The molecule has 1 rings (SSSR count). The van der Waals surface area contributed by atoms with Crippen molar-refractivity contribution in [3.8, 4) is 0 Å². The summed E-state index contributed by atoms with van der Waals surface area (Å²) in [4.78, 5) is 0. The summed E-state index contributed by atoms with van der Waals surface area (Å²) in [6, 6.07) is 3.90. The van der Waals surface area contributed by atoms with Crippen LogP contribution < -0.4 is 5.73 Å². The lowest BCUT2D eigenvalue weighted by molar-refractivity contribution is 0.318. The first-order chi connectivity index (χ1) is 5.65. The number of amidine groups is 1. The molecular weight excluding hydrogens is 227 g/mol. The molecule has 3 N–H and O–H groups in total. The van der Waals surface area contributed by atoms with Gasteiger partial charge in [-0.25, -0.2) is 4.39 Å². The minimum atomic E-state index is -0.378. The third kappa shape index (κ3) is 1.73. The Morgan fingerprint density at radius 2 is 2.25 bits per heavy atom. The molecule has 0 saturated heterocycles. The number of nitrogens with zero attached hydrogens (tertiary/aromatic N) is 1. The fourth-order valence-corrected chi connectivity index (χ4v) is 1.31. The van der Waals surface area contributed by atoms with Gasteiger partial charge in [0, 0.05) is 10.0 Å². The number of halogens is 2. The molecule has 64 valence electrons. The van der Waals surface area contributed by atoms with Crippen LogP contribution in [0.3, 0.4) is 0 Å². The van der Waals surface area contributed by atoms with Crippen molar-refractivity contribution in [1.82, 2.24) is 0 Å². The van der Waals surface area contributed by atoms with Crippen molar-refractivity contribution in [3.05, 3.63) is 34.1 Å². The van der Waals surface area contributed by atoms with Gasteiger partial charge in [-0.3, -0.25) is 0 Å². The fourth-order valence-electron chi connectivity index (χ4n) is 0.751. The molecule has 0 spiro atoms. The minimum Gasteiger partial charge on any atom is -0.409 e. The molecule has 0 bridgehead atoms. The molecule has 1 aromatic carbocycles. The Kier molecular flexibility index (Phi) is 2.65. The molecule has 0 aliphatic rings. The lowest BCUT2D eigenvalue weighted by Crippen LogP contribution is -2.13. The van der Waals surface area contributed by atoms with Gasteiger partial charge in [0.25, 0.3) is 0 Å². The zero-order valence-corrected chi connectivity index (χ0v) is 7.55. The van der Waals surface area contributed by atoms with Gasteiger partial charge in [0.15, 0.2) is 5.84 Å². The van der Waals surface area contributed by atoms with Crippen LogP contribution in [-0.2, 0) is 0 Å². The molecular formula is C7H6BrFN2O. The van der Waals surface area contributed by atoms with E-state index in [0.717, 1.165) is 0 Å². The Balaban J connectivity index is 3.18. The molecule has 1 aromatic rings. The second-order valence-corrected chi connectivity index (χ2v) is 2.96. The molecule has 5 heteroatoms. The Hall–Kier alpha value is -1.10. The third-order valence-corrected chi connectivity index (χ3v) is 1.97.